The first-order chi connectivity index (χ1) is 12.5. The smallest absolute Gasteiger partial charge is 0.320 e. The van der Waals surface area contributed by atoms with E-state index in [1.165, 1.54) is 11.3 Å². The second-order valence-electron chi connectivity index (χ2n) is 6.13. The summed E-state index contributed by atoms with van der Waals surface area (Å²) in [5, 5.41) is 6.74. The normalized spacial score (nSPS) is 13.9. The van der Waals surface area contributed by atoms with Crippen LogP contribution in [0.15, 0.2) is 24.3 Å². The Bertz CT molecular complexity index is 819. The summed E-state index contributed by atoms with van der Waals surface area (Å²) in [5.41, 5.74) is 7.93. The van der Waals surface area contributed by atoms with E-state index in [0.29, 0.717) is 22.1 Å². The standard InChI is InChI=1S/C18H21ClN4O2S/c1-2-23-8-7-13-14(10-23)26-17(15(13)16(20)24)22-18(25)21-9-11-3-5-12(19)6-4-11/h3-6H,2,7-10H2,1H3,(H2,20,24)(H2,21,22,25). The summed E-state index contributed by atoms with van der Waals surface area (Å²) in [6.07, 6.45) is 0.770. The predicted molar refractivity (Wildman–Crippen MR) is 105 cm³/mol. The lowest BCUT2D eigenvalue weighted by molar-refractivity contribution is 0.1000. The number of likely N-dealkylation sites (N-methyl/N-ethyl adjacent to an activating group) is 1. The summed E-state index contributed by atoms with van der Waals surface area (Å²) in [5.74, 6) is -0.500. The number of fused-ring (bicyclic) bond motifs is 1. The number of thiophene rings is 1. The number of primary amides is 1. The van der Waals surface area contributed by atoms with Crippen molar-refractivity contribution >= 4 is 39.9 Å². The van der Waals surface area contributed by atoms with E-state index in [4.69, 9.17) is 17.3 Å². The van der Waals surface area contributed by atoms with E-state index in [1.807, 2.05) is 12.1 Å². The Balaban J connectivity index is 1.70. The number of nitrogens with zero attached hydrogens (tertiary/aromatic N) is 1. The average Bonchev–Trinajstić information content (AvgIpc) is 2.98. The highest BCUT2D eigenvalue weighted by molar-refractivity contribution is 7.17. The third-order valence-electron chi connectivity index (χ3n) is 4.42. The second kappa shape index (κ2) is 8.07. The van der Waals surface area contributed by atoms with E-state index in [0.717, 1.165) is 42.1 Å². The Labute approximate surface area is 161 Å². The van der Waals surface area contributed by atoms with Crippen molar-refractivity contribution in [3.63, 3.8) is 0 Å². The number of nitrogens with two attached hydrogens (primary N) is 1. The first-order valence-corrected chi connectivity index (χ1v) is 9.63. The van der Waals surface area contributed by atoms with Gasteiger partial charge in [0.05, 0.1) is 5.56 Å². The predicted octanol–water partition coefficient (Wildman–Crippen LogP) is 3.20. The number of carbonyl (C=O) groups is 2. The largest absolute Gasteiger partial charge is 0.365 e. The first kappa shape index (κ1) is 18.7. The van der Waals surface area contributed by atoms with Crippen molar-refractivity contribution in [1.82, 2.24) is 10.2 Å². The molecule has 1 aliphatic heterocycles. The molecule has 4 N–H and O–H groups in total. The maximum Gasteiger partial charge on any atom is 0.320 e. The van der Waals surface area contributed by atoms with Crippen molar-refractivity contribution < 1.29 is 9.59 Å². The lowest BCUT2D eigenvalue weighted by Gasteiger charge is -2.25. The molecule has 138 valence electrons. The van der Waals surface area contributed by atoms with Gasteiger partial charge < -0.3 is 11.1 Å². The van der Waals surface area contributed by atoms with Gasteiger partial charge in [0.15, 0.2) is 0 Å². The molecule has 0 atom stereocenters. The van der Waals surface area contributed by atoms with Gasteiger partial charge in [-0.25, -0.2) is 4.79 Å². The van der Waals surface area contributed by atoms with Gasteiger partial charge in [-0.3, -0.25) is 15.0 Å². The fourth-order valence-electron chi connectivity index (χ4n) is 3.01. The molecule has 2 aromatic rings. The fourth-order valence-corrected chi connectivity index (χ4v) is 4.42. The minimum Gasteiger partial charge on any atom is -0.365 e. The van der Waals surface area contributed by atoms with Crippen LogP contribution in [0, 0.1) is 0 Å². The third-order valence-corrected chi connectivity index (χ3v) is 5.81. The number of hydrogen-bond acceptors (Lipinski definition) is 4. The zero-order valence-corrected chi connectivity index (χ0v) is 16.0. The van der Waals surface area contributed by atoms with Crippen LogP contribution in [0.1, 0.15) is 33.3 Å². The van der Waals surface area contributed by atoms with Crippen LogP contribution in [-0.2, 0) is 19.5 Å². The minimum absolute atomic E-state index is 0.365. The number of hydrogen-bond donors (Lipinski definition) is 3. The molecule has 0 fully saturated rings. The van der Waals surface area contributed by atoms with E-state index < -0.39 is 5.91 Å². The molecule has 1 aromatic carbocycles. The topological polar surface area (TPSA) is 87.5 Å². The molecule has 0 bridgehead atoms. The SMILES string of the molecule is CCN1CCc2c(sc(NC(=O)NCc3ccc(Cl)cc3)c2C(N)=O)C1. The van der Waals surface area contributed by atoms with E-state index >= 15 is 0 Å². The van der Waals surface area contributed by atoms with E-state index in [2.05, 4.69) is 22.5 Å². The summed E-state index contributed by atoms with van der Waals surface area (Å²) < 4.78 is 0. The first-order valence-electron chi connectivity index (χ1n) is 8.44. The number of halogens is 1. The summed E-state index contributed by atoms with van der Waals surface area (Å²) in [7, 11) is 0. The van der Waals surface area contributed by atoms with Crippen molar-refractivity contribution in [1.29, 1.82) is 0 Å². The Morgan fingerprint density at radius 3 is 2.69 bits per heavy atom. The van der Waals surface area contributed by atoms with Crippen LogP contribution in [0.2, 0.25) is 5.02 Å². The van der Waals surface area contributed by atoms with Crippen LogP contribution >= 0.6 is 22.9 Å². The number of benzene rings is 1. The lowest BCUT2D eigenvalue weighted by Crippen LogP contribution is -2.30. The average molecular weight is 393 g/mol. The van der Waals surface area contributed by atoms with Gasteiger partial charge in [0, 0.05) is 29.5 Å². The van der Waals surface area contributed by atoms with Crippen LogP contribution in [0.25, 0.3) is 0 Å². The lowest BCUT2D eigenvalue weighted by atomic mass is 10.0. The molecule has 0 radical (unpaired) electrons. The Hall–Kier alpha value is -2.09. The van der Waals surface area contributed by atoms with E-state index in [9.17, 15) is 9.59 Å². The molecule has 26 heavy (non-hydrogen) atoms. The van der Waals surface area contributed by atoms with Crippen molar-refractivity contribution in [2.45, 2.75) is 26.4 Å². The summed E-state index contributed by atoms with van der Waals surface area (Å²) in [4.78, 5) is 27.6. The zero-order valence-electron chi connectivity index (χ0n) is 14.5. The van der Waals surface area contributed by atoms with E-state index in [-0.39, 0.29) is 6.03 Å². The van der Waals surface area contributed by atoms with Gasteiger partial charge >= 0.3 is 6.03 Å². The molecule has 6 nitrogen and oxygen atoms in total. The van der Waals surface area contributed by atoms with Crippen molar-refractivity contribution in [3.05, 3.63) is 50.9 Å². The van der Waals surface area contributed by atoms with E-state index in [1.54, 1.807) is 12.1 Å². The van der Waals surface area contributed by atoms with Crippen LogP contribution in [-0.4, -0.2) is 29.9 Å². The minimum atomic E-state index is -0.500. The molecule has 3 rings (SSSR count). The number of nitrogens with one attached hydrogen (secondary N) is 2. The molecular formula is C18H21ClN4O2S. The highest BCUT2D eigenvalue weighted by Crippen LogP contribution is 2.36. The summed E-state index contributed by atoms with van der Waals surface area (Å²) >= 11 is 7.28. The molecule has 0 saturated heterocycles. The summed E-state index contributed by atoms with van der Waals surface area (Å²) in [6.45, 7) is 5.10. The van der Waals surface area contributed by atoms with Crippen molar-refractivity contribution in [3.8, 4) is 0 Å². The number of amides is 3. The van der Waals surface area contributed by atoms with Crippen LogP contribution in [0.5, 0.6) is 0 Å². The van der Waals surface area contributed by atoms with Gasteiger partial charge in [0.25, 0.3) is 5.91 Å². The molecule has 3 amide bonds. The highest BCUT2D eigenvalue weighted by Gasteiger charge is 2.27. The maximum absolute atomic E-state index is 12.3. The molecule has 2 heterocycles. The van der Waals surface area contributed by atoms with Gasteiger partial charge in [-0.15, -0.1) is 11.3 Å². The van der Waals surface area contributed by atoms with Gasteiger partial charge in [-0.05, 0) is 36.2 Å². The van der Waals surface area contributed by atoms with Crippen LogP contribution in [0.3, 0.4) is 0 Å². The molecule has 0 saturated carbocycles. The van der Waals surface area contributed by atoms with Gasteiger partial charge in [-0.1, -0.05) is 30.7 Å². The molecular weight excluding hydrogens is 372 g/mol. The molecule has 8 heteroatoms. The number of urea groups is 1. The molecule has 0 aliphatic carbocycles. The fraction of sp³-hybridized carbons (Fsp3) is 0.333. The van der Waals surface area contributed by atoms with Crippen LogP contribution in [0.4, 0.5) is 9.80 Å². The quantitative estimate of drug-likeness (QED) is 0.730. The summed E-state index contributed by atoms with van der Waals surface area (Å²) in [6, 6.07) is 6.87. The molecule has 0 unspecified atom stereocenters. The maximum atomic E-state index is 12.3. The second-order valence-corrected chi connectivity index (χ2v) is 7.67. The Morgan fingerprint density at radius 1 is 1.31 bits per heavy atom. The van der Waals surface area contributed by atoms with Crippen LogP contribution < -0.4 is 16.4 Å². The number of rotatable bonds is 5. The van der Waals surface area contributed by atoms with Crippen molar-refractivity contribution in [2.24, 2.45) is 5.73 Å². The monoisotopic (exact) mass is 392 g/mol. The zero-order chi connectivity index (χ0) is 18.7. The Morgan fingerprint density at radius 2 is 2.04 bits per heavy atom. The molecule has 1 aliphatic rings. The van der Waals surface area contributed by atoms with Crippen molar-refractivity contribution in [2.75, 3.05) is 18.4 Å². The molecule has 0 spiro atoms. The van der Waals surface area contributed by atoms with Gasteiger partial charge in [-0.2, -0.15) is 0 Å². The number of anilines is 1. The van der Waals surface area contributed by atoms with Gasteiger partial charge in [0.1, 0.15) is 5.00 Å². The Kier molecular flexibility index (Phi) is 5.80. The highest BCUT2D eigenvalue weighted by atomic mass is 35.5. The third kappa shape index (κ3) is 4.17. The molecule has 1 aromatic heterocycles. The van der Waals surface area contributed by atoms with Gasteiger partial charge in [0.2, 0.25) is 0 Å². The number of carbonyl (C=O) groups excluding carboxylic acids is 2.